The van der Waals surface area contributed by atoms with Gasteiger partial charge in [-0.05, 0) is 54.4 Å². The zero-order chi connectivity index (χ0) is 23.3. The minimum absolute atomic E-state index is 0.0479. The number of nitrogens with one attached hydrogen (secondary N) is 1. The fourth-order valence-electron chi connectivity index (χ4n) is 4.48. The van der Waals surface area contributed by atoms with Crippen LogP contribution < -0.4 is 5.32 Å². The highest BCUT2D eigenvalue weighted by molar-refractivity contribution is 5.80. The zero-order valence-electron chi connectivity index (χ0n) is 20.3. The standard InChI is InChI=1S/C28H37N3O2/c1-28(2,3)22-16-14-21(15-17-22)20-31-24-11-7-6-10-23(24)30-26(31)13-5-4-8-18-29-27(32)25-12-9-19-33-25/h6-7,10-11,14-17,25H,4-5,8-9,12-13,18-20H2,1-3H3,(H,29,32). The number of amides is 1. The first-order valence-corrected chi connectivity index (χ1v) is 12.3. The van der Waals surface area contributed by atoms with Crippen LogP contribution in [-0.2, 0) is 27.9 Å². The maximum Gasteiger partial charge on any atom is 0.249 e. The molecule has 0 aliphatic carbocycles. The fraction of sp³-hybridized carbons (Fsp3) is 0.500. The second kappa shape index (κ2) is 10.5. The van der Waals surface area contributed by atoms with Crippen molar-refractivity contribution in [3.05, 3.63) is 65.5 Å². The number of para-hydroxylation sites is 2. The number of nitrogens with zero attached hydrogens (tertiary/aromatic N) is 2. The SMILES string of the molecule is CC(C)(C)c1ccc(Cn2c(CCCCCNC(=O)C3CCCO3)nc3ccccc32)cc1. The number of aromatic nitrogens is 2. The number of rotatable bonds is 9. The van der Waals surface area contributed by atoms with Gasteiger partial charge in [-0.25, -0.2) is 4.98 Å². The van der Waals surface area contributed by atoms with Crippen molar-refractivity contribution in [2.24, 2.45) is 0 Å². The van der Waals surface area contributed by atoms with Gasteiger partial charge in [0.15, 0.2) is 0 Å². The lowest BCUT2D eigenvalue weighted by Gasteiger charge is -2.19. The van der Waals surface area contributed by atoms with E-state index in [-0.39, 0.29) is 17.4 Å². The first kappa shape index (κ1) is 23.5. The Morgan fingerprint density at radius 2 is 1.88 bits per heavy atom. The Balaban J connectivity index is 1.34. The van der Waals surface area contributed by atoms with Gasteiger partial charge in [0.1, 0.15) is 11.9 Å². The van der Waals surface area contributed by atoms with Crippen molar-refractivity contribution in [2.75, 3.05) is 13.2 Å². The summed E-state index contributed by atoms with van der Waals surface area (Å²) in [6.45, 7) is 9.00. The molecule has 4 rings (SSSR count). The normalized spacial score (nSPS) is 16.4. The summed E-state index contributed by atoms with van der Waals surface area (Å²) in [5.74, 6) is 1.19. The number of imidazole rings is 1. The molecule has 5 nitrogen and oxygen atoms in total. The molecule has 5 heteroatoms. The van der Waals surface area contributed by atoms with E-state index in [0.717, 1.165) is 63.0 Å². The predicted molar refractivity (Wildman–Crippen MR) is 134 cm³/mol. The van der Waals surface area contributed by atoms with Crippen LogP contribution in [0.25, 0.3) is 11.0 Å². The van der Waals surface area contributed by atoms with Crippen molar-refractivity contribution in [3.8, 4) is 0 Å². The lowest BCUT2D eigenvalue weighted by atomic mass is 9.87. The number of hydrogen-bond donors (Lipinski definition) is 1. The van der Waals surface area contributed by atoms with E-state index in [9.17, 15) is 4.79 Å². The average Bonchev–Trinajstić information content (AvgIpc) is 3.45. The molecule has 0 spiro atoms. The Labute approximate surface area is 197 Å². The van der Waals surface area contributed by atoms with Crippen LogP contribution in [0.5, 0.6) is 0 Å². The van der Waals surface area contributed by atoms with Gasteiger partial charge in [-0.1, -0.05) is 63.6 Å². The molecule has 2 heterocycles. The zero-order valence-corrected chi connectivity index (χ0v) is 20.3. The highest BCUT2D eigenvalue weighted by Crippen LogP contribution is 2.24. The Morgan fingerprint density at radius 1 is 1.09 bits per heavy atom. The lowest BCUT2D eigenvalue weighted by Crippen LogP contribution is -2.34. The number of carbonyl (C=O) groups is 1. The summed E-state index contributed by atoms with van der Waals surface area (Å²) in [5.41, 5.74) is 5.06. The number of carbonyl (C=O) groups excluding carboxylic acids is 1. The van der Waals surface area contributed by atoms with Gasteiger partial charge in [-0.15, -0.1) is 0 Å². The number of ether oxygens (including phenoxy) is 1. The molecule has 0 radical (unpaired) electrons. The van der Waals surface area contributed by atoms with Gasteiger partial charge in [0.25, 0.3) is 0 Å². The number of benzene rings is 2. The van der Waals surface area contributed by atoms with Gasteiger partial charge < -0.3 is 14.6 Å². The van der Waals surface area contributed by atoms with Crippen LogP contribution in [0.3, 0.4) is 0 Å². The van der Waals surface area contributed by atoms with Crippen molar-refractivity contribution < 1.29 is 9.53 Å². The summed E-state index contributed by atoms with van der Waals surface area (Å²) in [6.07, 6.45) is 5.64. The molecule has 1 saturated heterocycles. The molecule has 1 fully saturated rings. The highest BCUT2D eigenvalue weighted by atomic mass is 16.5. The Hall–Kier alpha value is -2.66. The topological polar surface area (TPSA) is 56.2 Å². The molecule has 0 bridgehead atoms. The summed E-state index contributed by atoms with van der Waals surface area (Å²) < 4.78 is 7.80. The maximum atomic E-state index is 12.0. The van der Waals surface area contributed by atoms with E-state index in [2.05, 4.69) is 79.2 Å². The first-order valence-electron chi connectivity index (χ1n) is 12.3. The quantitative estimate of drug-likeness (QED) is 0.448. The Kier molecular flexibility index (Phi) is 7.49. The maximum absolute atomic E-state index is 12.0. The molecule has 1 N–H and O–H groups in total. The monoisotopic (exact) mass is 447 g/mol. The fourth-order valence-corrected chi connectivity index (χ4v) is 4.48. The second-order valence-corrected chi connectivity index (χ2v) is 10.2. The van der Waals surface area contributed by atoms with Gasteiger partial charge in [0.2, 0.25) is 5.91 Å². The molecular weight excluding hydrogens is 410 g/mol. The van der Waals surface area contributed by atoms with Crippen molar-refractivity contribution in [2.45, 2.75) is 77.4 Å². The van der Waals surface area contributed by atoms with Gasteiger partial charge in [-0.2, -0.15) is 0 Å². The highest BCUT2D eigenvalue weighted by Gasteiger charge is 2.22. The number of hydrogen-bond acceptors (Lipinski definition) is 3. The number of fused-ring (bicyclic) bond motifs is 1. The van der Waals surface area contributed by atoms with Crippen molar-refractivity contribution in [3.63, 3.8) is 0 Å². The molecule has 1 aliphatic heterocycles. The molecule has 176 valence electrons. The summed E-state index contributed by atoms with van der Waals surface area (Å²) >= 11 is 0. The van der Waals surface area contributed by atoms with E-state index >= 15 is 0 Å². The second-order valence-electron chi connectivity index (χ2n) is 10.2. The Bertz CT molecular complexity index is 1060. The van der Waals surface area contributed by atoms with E-state index in [4.69, 9.17) is 9.72 Å². The van der Waals surface area contributed by atoms with E-state index in [1.54, 1.807) is 0 Å². The van der Waals surface area contributed by atoms with Crippen molar-refractivity contribution in [1.29, 1.82) is 0 Å². The first-order chi connectivity index (χ1) is 15.9. The van der Waals surface area contributed by atoms with E-state index in [1.807, 2.05) is 0 Å². The molecule has 1 aliphatic rings. The number of unbranched alkanes of at least 4 members (excludes halogenated alkanes) is 2. The molecule has 1 amide bonds. The minimum atomic E-state index is -0.234. The van der Waals surface area contributed by atoms with Crippen molar-refractivity contribution >= 4 is 16.9 Å². The lowest BCUT2D eigenvalue weighted by molar-refractivity contribution is -0.130. The molecule has 1 aromatic heterocycles. The molecule has 2 aromatic carbocycles. The van der Waals surface area contributed by atoms with Crippen LogP contribution in [-0.4, -0.2) is 34.7 Å². The summed E-state index contributed by atoms with van der Waals surface area (Å²) in [4.78, 5) is 17.0. The van der Waals surface area contributed by atoms with Gasteiger partial charge in [0.05, 0.1) is 11.0 Å². The van der Waals surface area contributed by atoms with Gasteiger partial charge in [-0.3, -0.25) is 4.79 Å². The van der Waals surface area contributed by atoms with Crippen LogP contribution in [0.2, 0.25) is 0 Å². The van der Waals surface area contributed by atoms with Crippen LogP contribution in [0.15, 0.2) is 48.5 Å². The van der Waals surface area contributed by atoms with Crippen LogP contribution in [0.1, 0.15) is 69.8 Å². The third kappa shape index (κ3) is 6.02. The average molecular weight is 448 g/mol. The van der Waals surface area contributed by atoms with E-state index in [1.165, 1.54) is 16.6 Å². The Morgan fingerprint density at radius 3 is 2.61 bits per heavy atom. The van der Waals surface area contributed by atoms with Crippen LogP contribution >= 0.6 is 0 Å². The van der Waals surface area contributed by atoms with Crippen LogP contribution in [0, 0.1) is 0 Å². The van der Waals surface area contributed by atoms with Crippen LogP contribution in [0.4, 0.5) is 0 Å². The molecular formula is C28H37N3O2. The van der Waals surface area contributed by atoms with E-state index in [0.29, 0.717) is 6.61 Å². The predicted octanol–water partition coefficient (Wildman–Crippen LogP) is 5.39. The molecule has 3 aromatic rings. The number of aryl methyl sites for hydroxylation is 1. The molecule has 1 unspecified atom stereocenters. The largest absolute Gasteiger partial charge is 0.368 e. The summed E-state index contributed by atoms with van der Waals surface area (Å²) in [7, 11) is 0. The summed E-state index contributed by atoms with van der Waals surface area (Å²) in [6, 6.07) is 17.4. The third-order valence-electron chi connectivity index (χ3n) is 6.49. The van der Waals surface area contributed by atoms with Gasteiger partial charge >= 0.3 is 0 Å². The smallest absolute Gasteiger partial charge is 0.249 e. The molecule has 1 atom stereocenters. The van der Waals surface area contributed by atoms with Gasteiger partial charge in [0, 0.05) is 26.1 Å². The molecule has 0 saturated carbocycles. The van der Waals surface area contributed by atoms with E-state index < -0.39 is 0 Å². The minimum Gasteiger partial charge on any atom is -0.368 e. The summed E-state index contributed by atoms with van der Waals surface area (Å²) in [5, 5.41) is 3.02. The van der Waals surface area contributed by atoms with Crippen molar-refractivity contribution in [1.82, 2.24) is 14.9 Å². The molecule has 33 heavy (non-hydrogen) atoms. The third-order valence-corrected chi connectivity index (χ3v) is 6.49.